The molecule has 1 fully saturated rings. The molecule has 0 radical (unpaired) electrons. The van der Waals surface area contributed by atoms with Crippen LogP contribution < -0.4 is 10.2 Å². The van der Waals surface area contributed by atoms with E-state index in [0.29, 0.717) is 6.54 Å². The number of anilines is 1. The highest BCUT2D eigenvalue weighted by Gasteiger charge is 2.16. The second-order valence-electron chi connectivity index (χ2n) is 6.22. The highest BCUT2D eigenvalue weighted by atomic mass is 16.6. The van der Waals surface area contributed by atoms with Crippen molar-refractivity contribution in [3.05, 3.63) is 29.8 Å². The minimum atomic E-state index is -0.457. The second-order valence-corrected chi connectivity index (χ2v) is 6.22. The Balaban J connectivity index is 1.90. The summed E-state index contributed by atoms with van der Waals surface area (Å²) in [5.41, 5.74) is 1.88. The lowest BCUT2D eigenvalue weighted by Gasteiger charge is -2.20. The molecule has 0 spiro atoms. The summed E-state index contributed by atoms with van der Waals surface area (Å²) in [6.45, 7) is 8.34. The predicted molar refractivity (Wildman–Crippen MR) is 81.0 cm³/mol. The Bertz CT molecular complexity index is 460. The van der Waals surface area contributed by atoms with Crippen molar-refractivity contribution in [3.63, 3.8) is 0 Å². The van der Waals surface area contributed by atoms with Gasteiger partial charge < -0.3 is 15.0 Å². The van der Waals surface area contributed by atoms with E-state index in [2.05, 4.69) is 22.3 Å². The van der Waals surface area contributed by atoms with Crippen LogP contribution in [0.5, 0.6) is 0 Å². The van der Waals surface area contributed by atoms with Gasteiger partial charge in [0.15, 0.2) is 0 Å². The van der Waals surface area contributed by atoms with Gasteiger partial charge in [0.25, 0.3) is 0 Å². The standard InChI is InChI=1S/C16H24N2O2/c1-16(2,3)20-15(19)17-12-13-7-6-8-14(11-13)18-9-4-5-10-18/h6-8,11H,4-5,9-10,12H2,1-3H3,(H,17,19). The third-order valence-electron chi connectivity index (χ3n) is 3.22. The predicted octanol–water partition coefficient (Wildman–Crippen LogP) is 3.31. The topological polar surface area (TPSA) is 41.6 Å². The Kier molecular flexibility index (Phi) is 4.53. The fourth-order valence-corrected chi connectivity index (χ4v) is 2.33. The molecule has 1 aromatic carbocycles. The molecule has 0 aromatic heterocycles. The van der Waals surface area contributed by atoms with Crippen LogP contribution in [0.4, 0.5) is 10.5 Å². The van der Waals surface area contributed by atoms with Crippen molar-refractivity contribution in [2.24, 2.45) is 0 Å². The van der Waals surface area contributed by atoms with E-state index in [-0.39, 0.29) is 6.09 Å². The smallest absolute Gasteiger partial charge is 0.407 e. The van der Waals surface area contributed by atoms with Gasteiger partial charge in [-0.3, -0.25) is 0 Å². The SMILES string of the molecule is CC(C)(C)OC(=O)NCc1cccc(N2CCCC2)c1. The van der Waals surface area contributed by atoms with Crippen LogP contribution in [0, 0.1) is 0 Å². The molecule has 0 unspecified atom stereocenters. The maximum absolute atomic E-state index is 11.6. The van der Waals surface area contributed by atoms with Crippen molar-refractivity contribution in [1.82, 2.24) is 5.32 Å². The molecule has 0 bridgehead atoms. The number of hydrogen-bond donors (Lipinski definition) is 1. The summed E-state index contributed by atoms with van der Waals surface area (Å²) in [6, 6.07) is 8.34. The van der Waals surface area contributed by atoms with E-state index in [9.17, 15) is 4.79 Å². The third-order valence-corrected chi connectivity index (χ3v) is 3.22. The van der Waals surface area contributed by atoms with Gasteiger partial charge in [-0.1, -0.05) is 12.1 Å². The first-order valence-corrected chi connectivity index (χ1v) is 7.25. The van der Waals surface area contributed by atoms with Crippen molar-refractivity contribution in [2.45, 2.75) is 45.8 Å². The lowest BCUT2D eigenvalue weighted by molar-refractivity contribution is 0.0523. The zero-order valence-corrected chi connectivity index (χ0v) is 12.6. The van der Waals surface area contributed by atoms with Crippen LogP contribution >= 0.6 is 0 Å². The van der Waals surface area contributed by atoms with E-state index >= 15 is 0 Å². The number of alkyl carbamates (subject to hydrolysis) is 1. The molecule has 1 aliphatic rings. The molecule has 1 aliphatic heterocycles. The van der Waals surface area contributed by atoms with E-state index in [4.69, 9.17) is 4.74 Å². The van der Waals surface area contributed by atoms with Crippen LogP contribution in [0.25, 0.3) is 0 Å². The highest BCUT2D eigenvalue weighted by Crippen LogP contribution is 2.21. The van der Waals surface area contributed by atoms with Crippen molar-refractivity contribution in [3.8, 4) is 0 Å². The number of carbonyl (C=O) groups excluding carboxylic acids is 1. The normalized spacial score (nSPS) is 15.2. The van der Waals surface area contributed by atoms with Gasteiger partial charge in [-0.15, -0.1) is 0 Å². The van der Waals surface area contributed by atoms with Crippen molar-refractivity contribution < 1.29 is 9.53 Å². The molecule has 4 nitrogen and oxygen atoms in total. The summed E-state index contributed by atoms with van der Waals surface area (Å²) < 4.78 is 5.23. The zero-order valence-electron chi connectivity index (χ0n) is 12.6. The maximum Gasteiger partial charge on any atom is 0.407 e. The van der Waals surface area contributed by atoms with E-state index in [1.807, 2.05) is 32.9 Å². The largest absolute Gasteiger partial charge is 0.444 e. The van der Waals surface area contributed by atoms with Crippen LogP contribution in [-0.2, 0) is 11.3 Å². The highest BCUT2D eigenvalue weighted by molar-refractivity contribution is 5.67. The van der Waals surface area contributed by atoms with Crippen molar-refractivity contribution >= 4 is 11.8 Å². The summed E-state index contributed by atoms with van der Waals surface area (Å²) >= 11 is 0. The number of nitrogens with one attached hydrogen (secondary N) is 1. The van der Waals surface area contributed by atoms with Crippen LogP contribution in [0.15, 0.2) is 24.3 Å². The maximum atomic E-state index is 11.6. The van der Waals surface area contributed by atoms with Crippen molar-refractivity contribution in [1.29, 1.82) is 0 Å². The lowest BCUT2D eigenvalue weighted by atomic mass is 10.2. The average Bonchev–Trinajstić information content (AvgIpc) is 2.88. The molecule has 1 aromatic rings. The Hall–Kier alpha value is -1.71. The Morgan fingerprint density at radius 2 is 2.00 bits per heavy atom. The molecule has 0 atom stereocenters. The summed E-state index contributed by atoms with van der Waals surface area (Å²) in [6.07, 6.45) is 2.16. The number of ether oxygens (including phenoxy) is 1. The number of amides is 1. The molecule has 1 amide bonds. The molecule has 4 heteroatoms. The Morgan fingerprint density at radius 3 is 2.65 bits per heavy atom. The van der Waals surface area contributed by atoms with Gasteiger partial charge in [0.1, 0.15) is 5.60 Å². The van der Waals surface area contributed by atoms with E-state index in [0.717, 1.165) is 18.7 Å². The lowest BCUT2D eigenvalue weighted by Crippen LogP contribution is -2.32. The molecule has 0 saturated carbocycles. The first-order valence-electron chi connectivity index (χ1n) is 7.25. The minimum absolute atomic E-state index is 0.371. The number of hydrogen-bond acceptors (Lipinski definition) is 3. The van der Waals surface area contributed by atoms with Crippen LogP contribution in [0.1, 0.15) is 39.2 Å². The first-order chi connectivity index (χ1) is 9.44. The molecule has 110 valence electrons. The first kappa shape index (κ1) is 14.7. The van der Waals surface area contributed by atoms with Gasteiger partial charge in [0, 0.05) is 25.3 Å². The van der Waals surface area contributed by atoms with E-state index < -0.39 is 5.60 Å². The summed E-state index contributed by atoms with van der Waals surface area (Å²) in [5.74, 6) is 0. The number of nitrogens with zero attached hydrogens (tertiary/aromatic N) is 1. The molecule has 1 heterocycles. The molecule has 0 aliphatic carbocycles. The quantitative estimate of drug-likeness (QED) is 0.921. The fraction of sp³-hybridized carbons (Fsp3) is 0.562. The molecule has 20 heavy (non-hydrogen) atoms. The van der Waals surface area contributed by atoms with Gasteiger partial charge in [-0.2, -0.15) is 0 Å². The van der Waals surface area contributed by atoms with E-state index in [1.54, 1.807) is 0 Å². The monoisotopic (exact) mass is 276 g/mol. The fourth-order valence-electron chi connectivity index (χ4n) is 2.33. The minimum Gasteiger partial charge on any atom is -0.444 e. The zero-order chi connectivity index (χ0) is 14.6. The molecule has 2 rings (SSSR count). The average molecular weight is 276 g/mol. The van der Waals surface area contributed by atoms with Gasteiger partial charge in [-0.25, -0.2) is 4.79 Å². The molecule has 1 N–H and O–H groups in total. The van der Waals surface area contributed by atoms with Crippen LogP contribution in [0.2, 0.25) is 0 Å². The summed E-state index contributed by atoms with van der Waals surface area (Å²) in [4.78, 5) is 14.0. The number of benzene rings is 1. The van der Waals surface area contributed by atoms with E-state index in [1.165, 1.54) is 18.5 Å². The van der Waals surface area contributed by atoms with Gasteiger partial charge in [0.05, 0.1) is 0 Å². The number of carbonyl (C=O) groups is 1. The molecular formula is C16H24N2O2. The third kappa shape index (κ3) is 4.44. The summed E-state index contributed by atoms with van der Waals surface area (Å²) in [7, 11) is 0. The Labute approximate surface area is 121 Å². The molecular weight excluding hydrogens is 252 g/mol. The molecule has 1 saturated heterocycles. The van der Waals surface area contributed by atoms with Crippen molar-refractivity contribution in [2.75, 3.05) is 18.0 Å². The van der Waals surface area contributed by atoms with Gasteiger partial charge in [-0.05, 0) is 51.3 Å². The second kappa shape index (κ2) is 6.16. The van der Waals surface area contributed by atoms with Gasteiger partial charge in [0.2, 0.25) is 0 Å². The summed E-state index contributed by atoms with van der Waals surface area (Å²) in [5, 5.41) is 2.79. The van der Waals surface area contributed by atoms with Crippen LogP contribution in [0.3, 0.4) is 0 Å². The van der Waals surface area contributed by atoms with Gasteiger partial charge >= 0.3 is 6.09 Å². The van der Waals surface area contributed by atoms with Crippen LogP contribution in [-0.4, -0.2) is 24.8 Å². The number of rotatable bonds is 3. The Morgan fingerprint density at radius 1 is 1.30 bits per heavy atom.